The predicted molar refractivity (Wildman–Crippen MR) is 98.2 cm³/mol. The molecule has 1 aliphatic rings. The standard InChI is InChI=1S/C19H25N5O/c1-13-9-10-20-18(21-13)17(15-7-8-15)23-19(25)22-16-6-4-5-14(11-16)12-24(2)3/h4-6,9-11,15,17H,7-8,12H2,1-3H3,(H2,22,23,25)/t17-/m1/s1. The van der Waals surface area contributed by atoms with Crippen LogP contribution in [0.3, 0.4) is 0 Å². The zero-order valence-electron chi connectivity index (χ0n) is 15.0. The molecule has 3 rings (SSSR count). The van der Waals surface area contributed by atoms with Crippen LogP contribution < -0.4 is 10.6 Å². The van der Waals surface area contributed by atoms with Gasteiger partial charge in [0, 0.05) is 24.1 Å². The van der Waals surface area contributed by atoms with E-state index in [-0.39, 0.29) is 12.1 Å². The molecule has 25 heavy (non-hydrogen) atoms. The fraction of sp³-hybridized carbons (Fsp3) is 0.421. The highest BCUT2D eigenvalue weighted by Gasteiger charge is 2.35. The van der Waals surface area contributed by atoms with Gasteiger partial charge in [0.1, 0.15) is 0 Å². The zero-order valence-corrected chi connectivity index (χ0v) is 15.0. The molecule has 1 aromatic carbocycles. The molecule has 1 aromatic heterocycles. The molecule has 0 unspecified atom stereocenters. The van der Waals surface area contributed by atoms with Crippen LogP contribution in [0.25, 0.3) is 0 Å². The van der Waals surface area contributed by atoms with Gasteiger partial charge in [-0.25, -0.2) is 14.8 Å². The number of nitrogens with zero attached hydrogens (tertiary/aromatic N) is 3. The molecule has 2 N–H and O–H groups in total. The Morgan fingerprint density at radius 3 is 2.80 bits per heavy atom. The minimum Gasteiger partial charge on any atom is -0.328 e. The Kier molecular flexibility index (Phi) is 5.28. The summed E-state index contributed by atoms with van der Waals surface area (Å²) in [6.07, 6.45) is 3.94. The maximum Gasteiger partial charge on any atom is 0.319 e. The topological polar surface area (TPSA) is 70.2 Å². The van der Waals surface area contributed by atoms with Crippen molar-refractivity contribution >= 4 is 11.7 Å². The Bertz CT molecular complexity index is 742. The summed E-state index contributed by atoms with van der Waals surface area (Å²) in [6.45, 7) is 2.77. The maximum atomic E-state index is 12.5. The van der Waals surface area contributed by atoms with Crippen LogP contribution in [0.4, 0.5) is 10.5 Å². The van der Waals surface area contributed by atoms with Gasteiger partial charge in [-0.05, 0) is 63.5 Å². The van der Waals surface area contributed by atoms with Gasteiger partial charge in [0.05, 0.1) is 6.04 Å². The lowest BCUT2D eigenvalue weighted by molar-refractivity contribution is 0.246. The van der Waals surface area contributed by atoms with Crippen LogP contribution in [0, 0.1) is 12.8 Å². The number of rotatable bonds is 6. The molecule has 2 amide bonds. The average molecular weight is 339 g/mol. The summed E-state index contributed by atoms with van der Waals surface area (Å²) in [4.78, 5) is 23.4. The third kappa shape index (κ3) is 5.00. The number of aryl methyl sites for hydroxylation is 1. The lowest BCUT2D eigenvalue weighted by Gasteiger charge is -2.18. The van der Waals surface area contributed by atoms with Gasteiger partial charge in [0.15, 0.2) is 5.82 Å². The third-order valence-electron chi connectivity index (χ3n) is 4.16. The van der Waals surface area contributed by atoms with E-state index in [0.29, 0.717) is 11.7 Å². The summed E-state index contributed by atoms with van der Waals surface area (Å²) in [7, 11) is 4.05. The Morgan fingerprint density at radius 1 is 1.32 bits per heavy atom. The van der Waals surface area contributed by atoms with Crippen molar-refractivity contribution in [2.24, 2.45) is 5.92 Å². The minimum atomic E-state index is -0.219. The van der Waals surface area contributed by atoms with Crippen LogP contribution in [0.5, 0.6) is 0 Å². The molecular weight excluding hydrogens is 314 g/mol. The van der Waals surface area contributed by atoms with Gasteiger partial charge in [0.25, 0.3) is 0 Å². The molecule has 132 valence electrons. The molecule has 0 aliphatic heterocycles. The number of carbonyl (C=O) groups is 1. The van der Waals surface area contributed by atoms with Gasteiger partial charge < -0.3 is 15.5 Å². The SMILES string of the molecule is Cc1ccnc([C@H](NC(=O)Nc2cccc(CN(C)C)c2)C2CC2)n1. The largest absolute Gasteiger partial charge is 0.328 e. The molecule has 6 nitrogen and oxygen atoms in total. The highest BCUT2D eigenvalue weighted by molar-refractivity contribution is 5.89. The van der Waals surface area contributed by atoms with Gasteiger partial charge in [0.2, 0.25) is 0 Å². The van der Waals surface area contributed by atoms with Gasteiger partial charge >= 0.3 is 6.03 Å². The van der Waals surface area contributed by atoms with E-state index in [2.05, 4.69) is 31.6 Å². The summed E-state index contributed by atoms with van der Waals surface area (Å²) in [5, 5.41) is 5.97. The fourth-order valence-electron chi connectivity index (χ4n) is 2.86. The van der Waals surface area contributed by atoms with E-state index in [1.54, 1.807) is 6.20 Å². The Balaban J connectivity index is 1.66. The number of aromatic nitrogens is 2. The molecule has 0 spiro atoms. The first-order valence-electron chi connectivity index (χ1n) is 8.62. The highest BCUT2D eigenvalue weighted by Crippen LogP contribution is 2.39. The Hall–Kier alpha value is -2.47. The molecule has 0 saturated heterocycles. The number of nitrogens with one attached hydrogen (secondary N) is 2. The fourth-order valence-corrected chi connectivity index (χ4v) is 2.86. The van der Waals surface area contributed by atoms with E-state index in [9.17, 15) is 4.79 Å². The molecule has 0 radical (unpaired) electrons. The number of hydrogen-bond donors (Lipinski definition) is 2. The zero-order chi connectivity index (χ0) is 17.8. The van der Waals surface area contributed by atoms with E-state index in [0.717, 1.165) is 36.3 Å². The predicted octanol–water partition coefficient (Wildman–Crippen LogP) is 3.12. The summed E-state index contributed by atoms with van der Waals surface area (Å²) in [5.41, 5.74) is 2.86. The summed E-state index contributed by atoms with van der Waals surface area (Å²) in [6, 6.07) is 9.41. The lowest BCUT2D eigenvalue weighted by atomic mass is 10.1. The van der Waals surface area contributed by atoms with E-state index in [1.165, 1.54) is 0 Å². The van der Waals surface area contributed by atoms with Crippen molar-refractivity contribution in [3.63, 3.8) is 0 Å². The number of amides is 2. The van der Waals surface area contributed by atoms with Gasteiger partial charge in [-0.1, -0.05) is 12.1 Å². The first kappa shape index (κ1) is 17.4. The molecule has 1 atom stereocenters. The third-order valence-corrected chi connectivity index (χ3v) is 4.16. The van der Waals surface area contributed by atoms with Crippen molar-refractivity contribution in [1.29, 1.82) is 0 Å². The Morgan fingerprint density at radius 2 is 2.12 bits per heavy atom. The highest BCUT2D eigenvalue weighted by atomic mass is 16.2. The van der Waals surface area contributed by atoms with Crippen molar-refractivity contribution in [2.45, 2.75) is 32.4 Å². The quantitative estimate of drug-likeness (QED) is 0.848. The number of urea groups is 1. The number of anilines is 1. The van der Waals surface area contributed by atoms with Crippen LogP contribution in [0.2, 0.25) is 0 Å². The van der Waals surface area contributed by atoms with Crippen LogP contribution in [-0.4, -0.2) is 35.0 Å². The van der Waals surface area contributed by atoms with Crippen molar-refractivity contribution in [3.8, 4) is 0 Å². The van der Waals surface area contributed by atoms with Crippen LogP contribution in [-0.2, 0) is 6.54 Å². The number of carbonyl (C=O) groups excluding carboxylic acids is 1. The van der Waals surface area contributed by atoms with Gasteiger partial charge in [-0.15, -0.1) is 0 Å². The molecule has 1 saturated carbocycles. The smallest absolute Gasteiger partial charge is 0.319 e. The average Bonchev–Trinajstić information content (AvgIpc) is 3.37. The van der Waals surface area contributed by atoms with E-state index >= 15 is 0 Å². The number of benzene rings is 1. The van der Waals surface area contributed by atoms with Gasteiger partial charge in [-0.2, -0.15) is 0 Å². The second-order valence-electron chi connectivity index (χ2n) is 6.91. The van der Waals surface area contributed by atoms with Crippen LogP contribution in [0.15, 0.2) is 36.5 Å². The molecular formula is C19H25N5O. The first-order valence-corrected chi connectivity index (χ1v) is 8.62. The minimum absolute atomic E-state index is 0.134. The summed E-state index contributed by atoms with van der Waals surface area (Å²) >= 11 is 0. The van der Waals surface area contributed by atoms with Crippen molar-refractivity contribution in [3.05, 3.63) is 53.6 Å². The van der Waals surface area contributed by atoms with Crippen molar-refractivity contribution in [1.82, 2.24) is 20.2 Å². The van der Waals surface area contributed by atoms with E-state index in [1.807, 2.05) is 45.3 Å². The summed E-state index contributed by atoms with van der Waals surface area (Å²) in [5.74, 6) is 1.12. The number of hydrogen-bond acceptors (Lipinski definition) is 4. The summed E-state index contributed by atoms with van der Waals surface area (Å²) < 4.78 is 0. The van der Waals surface area contributed by atoms with Crippen molar-refractivity contribution in [2.75, 3.05) is 19.4 Å². The van der Waals surface area contributed by atoms with Gasteiger partial charge in [-0.3, -0.25) is 0 Å². The normalized spacial score (nSPS) is 15.0. The maximum absolute atomic E-state index is 12.5. The van der Waals surface area contributed by atoms with Crippen molar-refractivity contribution < 1.29 is 4.79 Å². The molecule has 2 aromatic rings. The molecule has 1 heterocycles. The second kappa shape index (κ2) is 7.61. The lowest BCUT2D eigenvalue weighted by Crippen LogP contribution is -2.34. The van der Waals surface area contributed by atoms with Crippen LogP contribution in [0.1, 0.15) is 36.0 Å². The van der Waals surface area contributed by atoms with Crippen LogP contribution >= 0.6 is 0 Å². The Labute approximate surface area is 148 Å². The molecule has 0 bridgehead atoms. The first-order chi connectivity index (χ1) is 12.0. The monoisotopic (exact) mass is 339 g/mol. The second-order valence-corrected chi connectivity index (χ2v) is 6.91. The van der Waals surface area contributed by atoms with E-state index in [4.69, 9.17) is 0 Å². The molecule has 1 fully saturated rings. The molecule has 1 aliphatic carbocycles. The van der Waals surface area contributed by atoms with E-state index < -0.39 is 0 Å². The molecule has 6 heteroatoms.